The van der Waals surface area contributed by atoms with E-state index >= 15 is 0 Å². The fraction of sp³-hybridized carbons (Fsp3) is 0.548. The number of nitrogens with zero attached hydrogens (tertiary/aromatic N) is 2. The summed E-state index contributed by atoms with van der Waals surface area (Å²) in [5, 5.41) is 0. The molecule has 0 bridgehead atoms. The maximum absolute atomic E-state index is 5.06. The standard InChI is InChI=1S/C31H46N2.Pd/c1-6-11-12-17-31(33-30-21-19-26(14-8-3)28(23-30)16-10-5)24-32-29-20-18-25(13-7-2)27(22-29)15-9-4;/h18-24H,6-17H2,1-5H3;. The van der Waals surface area contributed by atoms with Crippen molar-refractivity contribution < 1.29 is 20.4 Å². The third-order valence-electron chi connectivity index (χ3n) is 6.13. The summed E-state index contributed by atoms with van der Waals surface area (Å²) in [7, 11) is 0. The van der Waals surface area contributed by atoms with Crippen molar-refractivity contribution in [3.05, 3.63) is 58.7 Å². The van der Waals surface area contributed by atoms with Crippen LogP contribution in [0.4, 0.5) is 11.4 Å². The summed E-state index contributed by atoms with van der Waals surface area (Å²) >= 11 is 0. The molecule has 190 valence electrons. The van der Waals surface area contributed by atoms with E-state index in [9.17, 15) is 0 Å². The zero-order valence-electron chi connectivity index (χ0n) is 22.2. The monoisotopic (exact) mass is 552 g/mol. The van der Waals surface area contributed by atoms with Crippen LogP contribution in [0.1, 0.15) is 108 Å². The average Bonchev–Trinajstić information content (AvgIpc) is 2.81. The molecule has 0 fully saturated rings. The van der Waals surface area contributed by atoms with Crippen molar-refractivity contribution >= 4 is 23.3 Å². The molecule has 34 heavy (non-hydrogen) atoms. The normalized spacial score (nSPS) is 11.7. The van der Waals surface area contributed by atoms with Crippen LogP contribution in [0.5, 0.6) is 0 Å². The van der Waals surface area contributed by atoms with E-state index in [1.165, 1.54) is 60.8 Å². The molecule has 2 aromatic rings. The van der Waals surface area contributed by atoms with Crippen LogP contribution in [-0.4, -0.2) is 11.9 Å². The van der Waals surface area contributed by atoms with Gasteiger partial charge in [0.15, 0.2) is 0 Å². The van der Waals surface area contributed by atoms with Crippen LogP contribution in [-0.2, 0) is 46.1 Å². The molecule has 2 rings (SSSR count). The summed E-state index contributed by atoms with van der Waals surface area (Å²) in [6.45, 7) is 11.3. The van der Waals surface area contributed by atoms with Crippen LogP contribution in [0.3, 0.4) is 0 Å². The molecule has 0 aliphatic carbocycles. The minimum absolute atomic E-state index is 0. The molecule has 0 saturated heterocycles. The SMILES string of the molecule is CCCCCC(C=Nc1ccc(CCC)c(CCC)c1)=Nc1ccc(CCC)c(CCC)c1.[Pd]. The first kappa shape index (κ1) is 30.5. The third-order valence-corrected chi connectivity index (χ3v) is 6.13. The first-order valence-electron chi connectivity index (χ1n) is 13.5. The molecule has 0 radical (unpaired) electrons. The molecule has 0 amide bonds. The van der Waals surface area contributed by atoms with E-state index < -0.39 is 0 Å². The third kappa shape index (κ3) is 10.4. The Balaban J connectivity index is 0.00000578. The molecule has 2 aromatic carbocycles. The molecule has 0 aliphatic rings. The topological polar surface area (TPSA) is 24.7 Å². The van der Waals surface area contributed by atoms with Crippen molar-refractivity contribution in [2.45, 2.75) is 112 Å². The largest absolute Gasteiger partial charge is 0.255 e. The number of rotatable bonds is 15. The maximum atomic E-state index is 5.06. The zero-order valence-corrected chi connectivity index (χ0v) is 23.8. The van der Waals surface area contributed by atoms with Crippen LogP contribution >= 0.6 is 0 Å². The van der Waals surface area contributed by atoms with Crippen molar-refractivity contribution in [1.82, 2.24) is 0 Å². The Bertz CT molecular complexity index is 898. The maximum Gasteiger partial charge on any atom is 0.0636 e. The van der Waals surface area contributed by atoms with Gasteiger partial charge in [0, 0.05) is 26.6 Å². The quantitative estimate of drug-likeness (QED) is 0.119. The van der Waals surface area contributed by atoms with Crippen molar-refractivity contribution in [1.29, 1.82) is 0 Å². The van der Waals surface area contributed by atoms with E-state index in [0.717, 1.165) is 55.6 Å². The molecule has 0 heterocycles. The Kier molecular flexibility index (Phi) is 16.0. The molecular formula is C31H46N2Pd. The van der Waals surface area contributed by atoms with Crippen LogP contribution in [0.25, 0.3) is 0 Å². The Morgan fingerprint density at radius 2 is 1.12 bits per heavy atom. The van der Waals surface area contributed by atoms with Gasteiger partial charge in [0.25, 0.3) is 0 Å². The van der Waals surface area contributed by atoms with Gasteiger partial charge in [0.2, 0.25) is 0 Å². The minimum atomic E-state index is 0. The van der Waals surface area contributed by atoms with Gasteiger partial charge < -0.3 is 0 Å². The summed E-state index contributed by atoms with van der Waals surface area (Å²) in [6, 6.07) is 13.5. The molecule has 3 heteroatoms. The molecule has 0 unspecified atom stereocenters. The first-order chi connectivity index (χ1) is 16.1. The summed E-state index contributed by atoms with van der Waals surface area (Å²) < 4.78 is 0. The Hall–Kier alpha value is -1.56. The van der Waals surface area contributed by atoms with E-state index in [0.29, 0.717) is 0 Å². The molecule has 0 N–H and O–H groups in total. The van der Waals surface area contributed by atoms with Gasteiger partial charge in [-0.15, -0.1) is 0 Å². The number of hydrogen-bond donors (Lipinski definition) is 0. The molecule has 0 atom stereocenters. The summed E-state index contributed by atoms with van der Waals surface area (Å²) in [4.78, 5) is 9.94. The molecular weight excluding hydrogens is 507 g/mol. The summed E-state index contributed by atoms with van der Waals surface area (Å²) in [5.41, 5.74) is 9.08. The van der Waals surface area contributed by atoms with E-state index in [4.69, 9.17) is 9.98 Å². The van der Waals surface area contributed by atoms with E-state index in [-0.39, 0.29) is 20.4 Å². The van der Waals surface area contributed by atoms with Gasteiger partial charge >= 0.3 is 0 Å². The van der Waals surface area contributed by atoms with Gasteiger partial charge in [-0.05, 0) is 85.0 Å². The average molecular weight is 553 g/mol. The van der Waals surface area contributed by atoms with Crippen LogP contribution in [0.15, 0.2) is 46.4 Å². The molecule has 0 spiro atoms. The Morgan fingerprint density at radius 1 is 0.618 bits per heavy atom. The Morgan fingerprint density at radius 3 is 1.65 bits per heavy atom. The van der Waals surface area contributed by atoms with Gasteiger partial charge in [-0.25, -0.2) is 0 Å². The van der Waals surface area contributed by atoms with Gasteiger partial charge in [-0.3, -0.25) is 9.98 Å². The van der Waals surface area contributed by atoms with Crippen molar-refractivity contribution in [3.63, 3.8) is 0 Å². The fourth-order valence-electron chi connectivity index (χ4n) is 4.43. The van der Waals surface area contributed by atoms with E-state index in [1.54, 1.807) is 0 Å². The number of aryl methyl sites for hydroxylation is 4. The smallest absolute Gasteiger partial charge is 0.0636 e. The second-order valence-electron chi connectivity index (χ2n) is 9.22. The fourth-order valence-corrected chi connectivity index (χ4v) is 4.43. The van der Waals surface area contributed by atoms with Gasteiger partial charge in [-0.1, -0.05) is 85.3 Å². The molecule has 0 saturated carbocycles. The second-order valence-corrected chi connectivity index (χ2v) is 9.22. The van der Waals surface area contributed by atoms with E-state index in [1.807, 2.05) is 6.21 Å². The summed E-state index contributed by atoms with van der Waals surface area (Å²) in [6.07, 6.45) is 15.9. The zero-order chi connectivity index (χ0) is 23.9. The molecule has 0 aliphatic heterocycles. The van der Waals surface area contributed by atoms with Gasteiger partial charge in [0.1, 0.15) is 0 Å². The van der Waals surface area contributed by atoms with Crippen molar-refractivity contribution in [3.8, 4) is 0 Å². The van der Waals surface area contributed by atoms with Gasteiger partial charge in [0.05, 0.1) is 17.1 Å². The summed E-state index contributed by atoms with van der Waals surface area (Å²) in [5.74, 6) is 0. The number of hydrogen-bond acceptors (Lipinski definition) is 2. The first-order valence-corrected chi connectivity index (χ1v) is 13.5. The number of benzene rings is 2. The van der Waals surface area contributed by atoms with Crippen molar-refractivity contribution in [2.24, 2.45) is 9.98 Å². The minimum Gasteiger partial charge on any atom is -0.255 e. The predicted molar refractivity (Wildman–Crippen MR) is 148 cm³/mol. The van der Waals surface area contributed by atoms with E-state index in [2.05, 4.69) is 71.0 Å². The molecule has 0 aromatic heterocycles. The van der Waals surface area contributed by atoms with Crippen LogP contribution < -0.4 is 0 Å². The van der Waals surface area contributed by atoms with Gasteiger partial charge in [-0.2, -0.15) is 0 Å². The van der Waals surface area contributed by atoms with Crippen molar-refractivity contribution in [2.75, 3.05) is 0 Å². The molecule has 2 nitrogen and oxygen atoms in total. The van der Waals surface area contributed by atoms with Crippen LogP contribution in [0.2, 0.25) is 0 Å². The number of aliphatic imine (C=N–C) groups is 2. The number of unbranched alkanes of at least 4 members (excludes halogenated alkanes) is 2. The predicted octanol–water partition coefficient (Wildman–Crippen LogP) is 9.55. The van der Waals surface area contributed by atoms with Crippen LogP contribution in [0, 0.1) is 0 Å². The Labute approximate surface area is 223 Å². The second kappa shape index (κ2) is 17.8.